The number of nitrogens with zero attached hydrogens (tertiary/aromatic N) is 1. The lowest BCUT2D eigenvalue weighted by atomic mass is 10.1. The fourth-order valence-corrected chi connectivity index (χ4v) is 2.08. The minimum atomic E-state index is -5.11. The summed E-state index contributed by atoms with van der Waals surface area (Å²) in [4.78, 5) is 35.9. The zero-order valence-electron chi connectivity index (χ0n) is 11.4. The van der Waals surface area contributed by atoms with Crippen LogP contribution in [0.15, 0.2) is 0 Å². The van der Waals surface area contributed by atoms with E-state index in [-0.39, 0.29) is 6.54 Å². The first-order valence-corrected chi connectivity index (χ1v) is 6.76. The molecule has 0 aromatic rings. The maximum atomic E-state index is 13.3. The predicted molar refractivity (Wildman–Crippen MR) is 64.8 cm³/mol. The molecule has 0 spiro atoms. The van der Waals surface area contributed by atoms with Crippen LogP contribution in [0.2, 0.25) is 0 Å². The topological polar surface area (TPSA) is 78.5 Å². The first-order valence-electron chi connectivity index (χ1n) is 6.76. The number of hydrogen-bond acceptors (Lipinski definition) is 3. The number of rotatable bonds is 5. The van der Waals surface area contributed by atoms with Crippen LogP contribution in [-0.4, -0.2) is 41.1 Å². The van der Waals surface area contributed by atoms with E-state index in [2.05, 4.69) is 0 Å². The summed E-state index contributed by atoms with van der Waals surface area (Å²) < 4.78 is 39.9. The van der Waals surface area contributed by atoms with Crippen molar-refractivity contribution in [3.05, 3.63) is 0 Å². The van der Waals surface area contributed by atoms with Gasteiger partial charge in [-0.25, -0.2) is 4.79 Å². The maximum absolute atomic E-state index is 13.3. The van der Waals surface area contributed by atoms with Crippen LogP contribution in [-0.2, 0) is 9.59 Å². The molecule has 2 N–H and O–H groups in total. The Balaban J connectivity index is 2.26. The van der Waals surface area contributed by atoms with E-state index >= 15 is 0 Å². The van der Waals surface area contributed by atoms with Gasteiger partial charge in [0.05, 0.1) is 0 Å². The Hall–Kier alpha value is -1.80. The van der Waals surface area contributed by atoms with Crippen molar-refractivity contribution < 1.29 is 27.6 Å². The lowest BCUT2D eigenvalue weighted by Crippen LogP contribution is -2.69. The van der Waals surface area contributed by atoms with Crippen molar-refractivity contribution in [3.63, 3.8) is 0 Å². The average molecular weight is 307 g/mol. The second-order valence-corrected chi connectivity index (χ2v) is 5.25. The molecule has 2 rings (SSSR count). The average Bonchev–Trinajstić information content (AvgIpc) is 3.17. The van der Waals surface area contributed by atoms with Crippen molar-refractivity contribution in [3.8, 4) is 0 Å². The number of alkyl halides is 3. The molecule has 0 aromatic heterocycles. The highest BCUT2D eigenvalue weighted by Gasteiger charge is 2.69. The van der Waals surface area contributed by atoms with Gasteiger partial charge in [0, 0.05) is 12.5 Å². The van der Waals surface area contributed by atoms with E-state index in [1.165, 1.54) is 0 Å². The second kappa shape index (κ2) is 5.19. The number of halogens is 3. The number of amides is 4. The standard InChI is InChI=1S/C12H16F3N3O3/c1-2-3-6-18-9(20)11(12(13,14)15,17-10(18)21)16-8(19)7-4-5-7/h7H,2-6H2,1H3,(H,16,19)(H,17,21)/t11-/m0/s1. The molecule has 6 nitrogen and oxygen atoms in total. The van der Waals surface area contributed by atoms with Crippen molar-refractivity contribution in [2.75, 3.05) is 6.54 Å². The predicted octanol–water partition coefficient (Wildman–Crippen LogP) is 1.12. The molecule has 0 bridgehead atoms. The van der Waals surface area contributed by atoms with Gasteiger partial charge in [-0.2, -0.15) is 13.2 Å². The van der Waals surface area contributed by atoms with Crippen LogP contribution >= 0.6 is 0 Å². The quantitative estimate of drug-likeness (QED) is 0.747. The normalized spacial score (nSPS) is 26.0. The number of urea groups is 1. The summed E-state index contributed by atoms with van der Waals surface area (Å²) in [7, 11) is 0. The molecule has 4 amide bonds. The zero-order valence-corrected chi connectivity index (χ0v) is 11.4. The Bertz CT molecular complexity index is 476. The summed E-state index contributed by atoms with van der Waals surface area (Å²) >= 11 is 0. The van der Waals surface area contributed by atoms with Crippen molar-refractivity contribution >= 4 is 17.8 Å². The Labute approximate surface area is 119 Å². The number of hydrogen-bond donors (Lipinski definition) is 2. The number of carbonyl (C=O) groups excluding carboxylic acids is 3. The van der Waals surface area contributed by atoms with Gasteiger partial charge in [0.15, 0.2) is 0 Å². The third-order valence-corrected chi connectivity index (χ3v) is 3.52. The highest BCUT2D eigenvalue weighted by atomic mass is 19.4. The lowest BCUT2D eigenvalue weighted by Gasteiger charge is -2.29. The molecule has 1 saturated carbocycles. The fraction of sp³-hybridized carbons (Fsp3) is 0.750. The van der Waals surface area contributed by atoms with Crippen LogP contribution in [0, 0.1) is 5.92 Å². The monoisotopic (exact) mass is 307 g/mol. The molecule has 1 atom stereocenters. The van der Waals surface area contributed by atoms with Gasteiger partial charge in [0.2, 0.25) is 5.91 Å². The molecule has 118 valence electrons. The molecule has 1 heterocycles. The maximum Gasteiger partial charge on any atom is 0.440 e. The van der Waals surface area contributed by atoms with Crippen LogP contribution in [0.25, 0.3) is 0 Å². The SMILES string of the molecule is CCCCN1C(=O)N[C@](NC(=O)C2CC2)(C(F)(F)F)C1=O. The van der Waals surface area contributed by atoms with Gasteiger partial charge < -0.3 is 5.32 Å². The minimum absolute atomic E-state index is 0.113. The molecule has 2 aliphatic rings. The number of imide groups is 1. The number of unbranched alkanes of at least 4 members (excludes halogenated alkanes) is 1. The largest absolute Gasteiger partial charge is 0.440 e. The molecular formula is C12H16F3N3O3. The van der Waals surface area contributed by atoms with Gasteiger partial charge in [-0.15, -0.1) is 0 Å². The van der Waals surface area contributed by atoms with E-state index in [0.29, 0.717) is 30.6 Å². The third-order valence-electron chi connectivity index (χ3n) is 3.52. The van der Waals surface area contributed by atoms with Gasteiger partial charge in [-0.3, -0.25) is 19.8 Å². The Morgan fingerprint density at radius 3 is 2.52 bits per heavy atom. The van der Waals surface area contributed by atoms with Crippen molar-refractivity contribution in [2.24, 2.45) is 5.92 Å². The Kier molecular flexibility index (Phi) is 3.85. The van der Waals surface area contributed by atoms with E-state index in [1.807, 2.05) is 0 Å². The molecule has 2 fully saturated rings. The first kappa shape index (κ1) is 15.6. The summed E-state index contributed by atoms with van der Waals surface area (Å²) in [6.07, 6.45) is -3.12. The second-order valence-electron chi connectivity index (χ2n) is 5.25. The summed E-state index contributed by atoms with van der Waals surface area (Å²) in [5.74, 6) is -2.85. The molecule has 0 aromatic carbocycles. The molecule has 9 heteroatoms. The van der Waals surface area contributed by atoms with Crippen LogP contribution in [0.3, 0.4) is 0 Å². The van der Waals surface area contributed by atoms with Gasteiger partial charge in [0.25, 0.3) is 11.6 Å². The fourth-order valence-electron chi connectivity index (χ4n) is 2.08. The van der Waals surface area contributed by atoms with Gasteiger partial charge in [0.1, 0.15) is 0 Å². The van der Waals surface area contributed by atoms with E-state index in [1.54, 1.807) is 17.6 Å². The number of nitrogens with one attached hydrogen (secondary N) is 2. The van der Waals surface area contributed by atoms with E-state index in [9.17, 15) is 27.6 Å². The van der Waals surface area contributed by atoms with Crippen molar-refractivity contribution in [2.45, 2.75) is 44.4 Å². The summed E-state index contributed by atoms with van der Waals surface area (Å²) in [6.45, 7) is 1.67. The molecule has 1 aliphatic carbocycles. The van der Waals surface area contributed by atoms with E-state index < -0.39 is 35.6 Å². The van der Waals surface area contributed by atoms with E-state index in [0.717, 1.165) is 0 Å². The van der Waals surface area contributed by atoms with Crippen molar-refractivity contribution in [1.29, 1.82) is 0 Å². The molecule has 0 radical (unpaired) electrons. The highest BCUT2D eigenvalue weighted by molar-refractivity contribution is 6.09. The summed E-state index contributed by atoms with van der Waals surface area (Å²) in [6, 6.07) is -1.14. The van der Waals surface area contributed by atoms with E-state index in [4.69, 9.17) is 0 Å². The van der Waals surface area contributed by atoms with Gasteiger partial charge >= 0.3 is 12.2 Å². The van der Waals surface area contributed by atoms with Crippen LogP contribution < -0.4 is 10.6 Å². The van der Waals surface area contributed by atoms with Gasteiger partial charge in [-0.05, 0) is 19.3 Å². The van der Waals surface area contributed by atoms with Gasteiger partial charge in [-0.1, -0.05) is 13.3 Å². The molecule has 21 heavy (non-hydrogen) atoms. The molecule has 0 unspecified atom stereocenters. The first-order chi connectivity index (χ1) is 9.73. The smallest absolute Gasteiger partial charge is 0.318 e. The summed E-state index contributed by atoms with van der Waals surface area (Å²) in [5, 5.41) is 3.30. The molecule has 1 aliphatic heterocycles. The zero-order chi connectivity index (χ0) is 15.8. The van der Waals surface area contributed by atoms with Crippen LogP contribution in [0.4, 0.5) is 18.0 Å². The Morgan fingerprint density at radius 1 is 1.43 bits per heavy atom. The third kappa shape index (κ3) is 2.68. The minimum Gasteiger partial charge on any atom is -0.318 e. The Morgan fingerprint density at radius 2 is 2.05 bits per heavy atom. The summed E-state index contributed by atoms with van der Waals surface area (Å²) in [5.41, 5.74) is -3.34. The van der Waals surface area contributed by atoms with Crippen molar-refractivity contribution in [1.82, 2.24) is 15.5 Å². The van der Waals surface area contributed by atoms with Crippen LogP contribution in [0.5, 0.6) is 0 Å². The van der Waals surface area contributed by atoms with Crippen LogP contribution in [0.1, 0.15) is 32.6 Å². The highest BCUT2D eigenvalue weighted by Crippen LogP contribution is 2.36. The molecular weight excluding hydrogens is 291 g/mol. The number of carbonyl (C=O) groups is 3. The molecule has 1 saturated heterocycles. The lowest BCUT2D eigenvalue weighted by molar-refractivity contribution is -0.204.